The van der Waals surface area contributed by atoms with Gasteiger partial charge in [0, 0.05) is 13.2 Å². The largest absolute Gasteiger partial charge is 0.355 e. The number of anilines is 1. The predicted molar refractivity (Wildman–Crippen MR) is 68.6 cm³/mol. The molecule has 0 fully saturated rings. The Hall–Kier alpha value is -3.02. The Balaban J connectivity index is 2.37. The molecule has 1 unspecified atom stereocenters. The van der Waals surface area contributed by atoms with Crippen LogP contribution in [0.5, 0.6) is 0 Å². The van der Waals surface area contributed by atoms with E-state index < -0.39 is 4.92 Å². The van der Waals surface area contributed by atoms with E-state index in [1.807, 2.05) is 0 Å². The van der Waals surface area contributed by atoms with Gasteiger partial charge < -0.3 is 9.88 Å². The van der Waals surface area contributed by atoms with Gasteiger partial charge in [-0.05, 0) is 13.0 Å². The van der Waals surface area contributed by atoms with E-state index in [0.29, 0.717) is 5.82 Å². The molecule has 0 aromatic carbocycles. The summed E-state index contributed by atoms with van der Waals surface area (Å²) in [5.41, 5.74) is -0.387. The lowest BCUT2D eigenvalue weighted by Gasteiger charge is -2.13. The minimum atomic E-state index is -0.628. The van der Waals surface area contributed by atoms with Gasteiger partial charge in [0.05, 0.1) is 11.0 Å². The molecule has 2 heterocycles. The van der Waals surface area contributed by atoms with Crippen LogP contribution in [-0.2, 0) is 7.05 Å². The maximum atomic E-state index is 11.1. The first-order chi connectivity index (χ1) is 9.54. The predicted octanol–water partition coefficient (Wildman–Crippen LogP) is 1.16. The molecule has 20 heavy (non-hydrogen) atoms. The van der Waals surface area contributed by atoms with E-state index >= 15 is 0 Å². The number of nitriles is 1. The van der Waals surface area contributed by atoms with Crippen LogP contribution in [-0.4, -0.2) is 24.7 Å². The number of nitro groups is 1. The van der Waals surface area contributed by atoms with Crippen LogP contribution >= 0.6 is 0 Å². The van der Waals surface area contributed by atoms with E-state index in [4.69, 9.17) is 5.26 Å². The highest BCUT2D eigenvalue weighted by Gasteiger charge is 2.23. The van der Waals surface area contributed by atoms with E-state index in [0.717, 1.165) is 0 Å². The zero-order chi connectivity index (χ0) is 14.7. The number of nitrogens with one attached hydrogen (secondary N) is 1. The summed E-state index contributed by atoms with van der Waals surface area (Å²) < 4.78 is 1.69. The topological polar surface area (TPSA) is 123 Å². The van der Waals surface area contributed by atoms with Crippen molar-refractivity contribution in [3.8, 4) is 6.07 Å². The molecule has 2 rings (SSSR count). The lowest BCUT2D eigenvalue weighted by atomic mass is 10.2. The summed E-state index contributed by atoms with van der Waals surface area (Å²) in [6.07, 6.45) is 2.87. The van der Waals surface area contributed by atoms with Crippen molar-refractivity contribution in [3.63, 3.8) is 0 Å². The monoisotopic (exact) mass is 273 g/mol. The molecule has 0 radical (unpaired) electrons. The van der Waals surface area contributed by atoms with Gasteiger partial charge in [0.1, 0.15) is 18.0 Å². The third-order valence-electron chi connectivity index (χ3n) is 2.71. The molecule has 1 atom stereocenters. The summed E-state index contributed by atoms with van der Waals surface area (Å²) in [6, 6.07) is 2.74. The molecule has 1 N–H and O–H groups in total. The zero-order valence-corrected chi connectivity index (χ0v) is 10.8. The fourth-order valence-corrected chi connectivity index (χ4v) is 1.79. The second-order valence-electron chi connectivity index (χ2n) is 4.09. The summed E-state index contributed by atoms with van der Waals surface area (Å²) in [5, 5.41) is 30.5. The van der Waals surface area contributed by atoms with Crippen molar-refractivity contribution < 1.29 is 4.92 Å². The molecule has 2 aromatic heterocycles. The molecule has 0 saturated heterocycles. The van der Waals surface area contributed by atoms with Gasteiger partial charge in [-0.15, -0.1) is 10.2 Å². The number of pyridine rings is 1. The van der Waals surface area contributed by atoms with Crippen molar-refractivity contribution >= 4 is 11.5 Å². The summed E-state index contributed by atoms with van der Waals surface area (Å²) in [5.74, 6) is 0.632. The first kappa shape index (κ1) is 13.4. The quantitative estimate of drug-likeness (QED) is 0.654. The second kappa shape index (κ2) is 5.31. The van der Waals surface area contributed by atoms with Crippen molar-refractivity contribution in [1.29, 1.82) is 5.26 Å². The van der Waals surface area contributed by atoms with E-state index in [9.17, 15) is 10.1 Å². The highest BCUT2D eigenvalue weighted by molar-refractivity contribution is 5.64. The van der Waals surface area contributed by atoms with Gasteiger partial charge in [0.25, 0.3) is 0 Å². The number of hydrogen-bond donors (Lipinski definition) is 1. The molecule has 0 spiro atoms. The maximum absolute atomic E-state index is 11.1. The zero-order valence-electron chi connectivity index (χ0n) is 10.8. The summed E-state index contributed by atoms with van der Waals surface area (Å²) in [4.78, 5) is 14.4. The van der Waals surface area contributed by atoms with Crippen molar-refractivity contribution in [2.24, 2.45) is 7.05 Å². The molecule has 0 saturated carbocycles. The minimum Gasteiger partial charge on any atom is -0.355 e. The Morgan fingerprint density at radius 1 is 1.60 bits per heavy atom. The highest BCUT2D eigenvalue weighted by Crippen LogP contribution is 2.28. The summed E-state index contributed by atoms with van der Waals surface area (Å²) in [7, 11) is 1.76. The molecular weight excluding hydrogens is 262 g/mol. The maximum Gasteiger partial charge on any atom is 0.328 e. The Morgan fingerprint density at radius 3 is 2.90 bits per heavy atom. The van der Waals surface area contributed by atoms with E-state index in [2.05, 4.69) is 20.5 Å². The van der Waals surface area contributed by atoms with Gasteiger partial charge in [0.2, 0.25) is 5.82 Å². The third kappa shape index (κ3) is 2.39. The Labute approximate surface area is 114 Å². The molecule has 102 valence electrons. The average Bonchev–Trinajstić information content (AvgIpc) is 2.84. The molecule has 0 aliphatic heterocycles. The van der Waals surface area contributed by atoms with Crippen LogP contribution in [0.2, 0.25) is 0 Å². The highest BCUT2D eigenvalue weighted by atomic mass is 16.6. The lowest BCUT2D eigenvalue weighted by Crippen LogP contribution is -2.14. The fourth-order valence-electron chi connectivity index (χ4n) is 1.79. The van der Waals surface area contributed by atoms with Crippen LogP contribution in [0.3, 0.4) is 0 Å². The Morgan fingerprint density at radius 2 is 2.35 bits per heavy atom. The number of hydrogen-bond acceptors (Lipinski definition) is 7. The van der Waals surface area contributed by atoms with Crippen LogP contribution in [0.1, 0.15) is 24.4 Å². The molecule has 0 bridgehead atoms. The van der Waals surface area contributed by atoms with Crippen LogP contribution in [0, 0.1) is 21.4 Å². The number of aryl methyl sites for hydroxylation is 1. The van der Waals surface area contributed by atoms with Crippen molar-refractivity contribution in [2.45, 2.75) is 13.0 Å². The van der Waals surface area contributed by atoms with E-state index in [1.165, 1.54) is 18.6 Å². The van der Waals surface area contributed by atoms with E-state index in [1.54, 1.807) is 24.6 Å². The van der Waals surface area contributed by atoms with Gasteiger partial charge in [0.15, 0.2) is 5.82 Å². The van der Waals surface area contributed by atoms with Gasteiger partial charge in [-0.3, -0.25) is 10.1 Å². The summed E-state index contributed by atoms with van der Waals surface area (Å²) in [6.45, 7) is 1.77. The summed E-state index contributed by atoms with van der Waals surface area (Å²) >= 11 is 0. The third-order valence-corrected chi connectivity index (χ3v) is 2.71. The van der Waals surface area contributed by atoms with Crippen LogP contribution in [0.4, 0.5) is 11.5 Å². The van der Waals surface area contributed by atoms with Gasteiger partial charge in [-0.2, -0.15) is 5.26 Å². The lowest BCUT2D eigenvalue weighted by molar-refractivity contribution is -0.384. The van der Waals surface area contributed by atoms with Gasteiger partial charge >= 0.3 is 5.69 Å². The molecule has 9 nitrogen and oxygen atoms in total. The fraction of sp³-hybridized carbons (Fsp3) is 0.273. The number of rotatable bonds is 4. The molecule has 9 heteroatoms. The standard InChI is InChI=1S/C11H11N7O2/c1-7(11-16-14-6-17(11)2)15-10-9(18(19)20)8(5-12)3-4-13-10/h3-4,6-7H,1-2H3,(H,13,15). The SMILES string of the molecule is CC(Nc1nccc(C#N)c1[N+](=O)[O-])c1nncn1C. The Bertz CT molecular complexity index is 688. The first-order valence-electron chi connectivity index (χ1n) is 5.68. The van der Waals surface area contributed by atoms with E-state index in [-0.39, 0.29) is 23.1 Å². The molecule has 2 aromatic rings. The average molecular weight is 273 g/mol. The second-order valence-corrected chi connectivity index (χ2v) is 4.09. The smallest absolute Gasteiger partial charge is 0.328 e. The molecular formula is C11H11N7O2. The number of aromatic nitrogens is 4. The molecule has 0 amide bonds. The van der Waals surface area contributed by atoms with Crippen LogP contribution in [0.25, 0.3) is 0 Å². The molecule has 0 aliphatic rings. The normalized spacial score (nSPS) is 11.7. The van der Waals surface area contributed by atoms with Crippen LogP contribution in [0.15, 0.2) is 18.6 Å². The van der Waals surface area contributed by atoms with Crippen molar-refractivity contribution in [2.75, 3.05) is 5.32 Å². The Kier molecular flexibility index (Phi) is 3.56. The van der Waals surface area contributed by atoms with Crippen molar-refractivity contribution in [1.82, 2.24) is 19.7 Å². The van der Waals surface area contributed by atoms with Crippen LogP contribution < -0.4 is 5.32 Å². The number of nitrogens with zero attached hydrogens (tertiary/aromatic N) is 6. The first-order valence-corrected chi connectivity index (χ1v) is 5.68. The van der Waals surface area contributed by atoms with Gasteiger partial charge in [-0.1, -0.05) is 0 Å². The molecule has 0 aliphatic carbocycles. The van der Waals surface area contributed by atoms with Crippen molar-refractivity contribution in [3.05, 3.63) is 40.1 Å². The van der Waals surface area contributed by atoms with Gasteiger partial charge in [-0.25, -0.2) is 4.98 Å². The minimum absolute atomic E-state index is 0.0320.